The van der Waals surface area contributed by atoms with Crippen molar-refractivity contribution in [1.82, 2.24) is 5.32 Å². The van der Waals surface area contributed by atoms with Gasteiger partial charge in [0, 0.05) is 19.8 Å². The first-order valence-corrected chi connectivity index (χ1v) is 10.2. The smallest absolute Gasteiger partial charge is 0.416 e. The predicted octanol–water partition coefficient (Wildman–Crippen LogP) is 4.74. The summed E-state index contributed by atoms with van der Waals surface area (Å²) in [6.45, 7) is 3.28. The molecule has 2 aromatic rings. The number of hydrogen-bond donors (Lipinski definition) is 1. The van der Waals surface area contributed by atoms with E-state index >= 15 is 0 Å². The minimum atomic E-state index is -4.43. The van der Waals surface area contributed by atoms with Crippen LogP contribution in [0.1, 0.15) is 30.0 Å². The van der Waals surface area contributed by atoms with Crippen molar-refractivity contribution in [3.8, 4) is 17.6 Å². The van der Waals surface area contributed by atoms with Crippen molar-refractivity contribution in [3.63, 3.8) is 0 Å². The molecule has 0 saturated heterocycles. The first-order chi connectivity index (χ1) is 15.8. The van der Waals surface area contributed by atoms with Crippen LogP contribution in [0.3, 0.4) is 0 Å². The molecule has 0 bridgehead atoms. The minimum Gasteiger partial charge on any atom is -0.493 e. The summed E-state index contributed by atoms with van der Waals surface area (Å²) in [5, 5.41) is 12.0. The van der Waals surface area contributed by atoms with Crippen LogP contribution in [0.15, 0.2) is 48.0 Å². The largest absolute Gasteiger partial charge is 0.493 e. The molecule has 0 radical (unpaired) electrons. The average Bonchev–Trinajstić information content (AvgIpc) is 2.80. The number of nitrogens with zero attached hydrogens (tertiary/aromatic N) is 1. The summed E-state index contributed by atoms with van der Waals surface area (Å²) in [5.41, 5.74) is 0.0465. The van der Waals surface area contributed by atoms with Gasteiger partial charge in [0.25, 0.3) is 5.91 Å². The second kappa shape index (κ2) is 12.5. The monoisotopic (exact) mass is 462 g/mol. The first-order valence-electron chi connectivity index (χ1n) is 10.2. The molecule has 176 valence electrons. The zero-order valence-electron chi connectivity index (χ0n) is 18.4. The fourth-order valence-corrected chi connectivity index (χ4v) is 2.82. The molecule has 2 aromatic carbocycles. The molecular weight excluding hydrogens is 437 g/mol. The number of nitriles is 1. The Morgan fingerprint density at radius 2 is 1.97 bits per heavy atom. The lowest BCUT2D eigenvalue weighted by molar-refractivity contribution is -0.137. The van der Waals surface area contributed by atoms with E-state index in [4.69, 9.17) is 14.2 Å². The molecular formula is C24H25F3N2O4. The van der Waals surface area contributed by atoms with Crippen LogP contribution >= 0.6 is 0 Å². The molecule has 0 aromatic heterocycles. The number of hydrogen-bond acceptors (Lipinski definition) is 5. The Hall–Kier alpha value is -3.51. The number of amides is 1. The van der Waals surface area contributed by atoms with Gasteiger partial charge in [-0.15, -0.1) is 0 Å². The number of methoxy groups -OCH3 is 1. The van der Waals surface area contributed by atoms with Crippen molar-refractivity contribution >= 4 is 12.0 Å². The highest BCUT2D eigenvalue weighted by molar-refractivity contribution is 6.01. The summed E-state index contributed by atoms with van der Waals surface area (Å²) in [7, 11) is 1.41. The molecule has 6 nitrogen and oxygen atoms in total. The molecule has 33 heavy (non-hydrogen) atoms. The van der Waals surface area contributed by atoms with Gasteiger partial charge in [0.15, 0.2) is 11.5 Å². The molecule has 0 spiro atoms. The fourth-order valence-electron chi connectivity index (χ4n) is 2.82. The number of benzene rings is 2. The van der Waals surface area contributed by atoms with E-state index in [1.54, 1.807) is 18.2 Å². The third-order valence-corrected chi connectivity index (χ3v) is 4.47. The molecule has 0 aliphatic rings. The van der Waals surface area contributed by atoms with E-state index in [2.05, 4.69) is 5.32 Å². The SMILES string of the molecule is CCOCCCNC(=O)/C(C#N)=C/c1ccc(OCc2cccc(C(F)(F)F)c2)c(OC)c1. The van der Waals surface area contributed by atoms with Gasteiger partial charge in [0.2, 0.25) is 0 Å². The van der Waals surface area contributed by atoms with Crippen molar-refractivity contribution in [3.05, 3.63) is 64.7 Å². The van der Waals surface area contributed by atoms with Crippen LogP contribution in [0.4, 0.5) is 13.2 Å². The van der Waals surface area contributed by atoms with Crippen molar-refractivity contribution in [2.45, 2.75) is 26.1 Å². The number of halogens is 3. The third-order valence-electron chi connectivity index (χ3n) is 4.47. The van der Waals surface area contributed by atoms with Gasteiger partial charge in [0.1, 0.15) is 18.2 Å². The topological polar surface area (TPSA) is 80.6 Å². The molecule has 1 amide bonds. The Kier molecular flexibility index (Phi) is 9.76. The van der Waals surface area contributed by atoms with E-state index in [9.17, 15) is 23.2 Å². The number of carbonyl (C=O) groups is 1. The second-order valence-electron chi connectivity index (χ2n) is 6.87. The molecule has 0 aliphatic heterocycles. The van der Waals surface area contributed by atoms with Crippen LogP contribution < -0.4 is 14.8 Å². The van der Waals surface area contributed by atoms with E-state index in [1.165, 1.54) is 25.3 Å². The van der Waals surface area contributed by atoms with E-state index in [1.807, 2.05) is 13.0 Å². The lowest BCUT2D eigenvalue weighted by Gasteiger charge is -2.13. The van der Waals surface area contributed by atoms with E-state index in [-0.39, 0.29) is 12.2 Å². The number of alkyl halides is 3. The molecule has 0 aliphatic carbocycles. The second-order valence-corrected chi connectivity index (χ2v) is 6.87. The minimum absolute atomic E-state index is 0.0777. The highest BCUT2D eigenvalue weighted by Crippen LogP contribution is 2.32. The van der Waals surface area contributed by atoms with Crippen molar-refractivity contribution < 1.29 is 32.2 Å². The zero-order chi connectivity index (χ0) is 24.3. The summed E-state index contributed by atoms with van der Waals surface area (Å²) in [6.07, 6.45) is -2.39. The summed E-state index contributed by atoms with van der Waals surface area (Å²) >= 11 is 0. The Morgan fingerprint density at radius 1 is 1.18 bits per heavy atom. The maximum Gasteiger partial charge on any atom is 0.416 e. The molecule has 1 N–H and O–H groups in total. The number of carbonyl (C=O) groups excluding carboxylic acids is 1. The number of rotatable bonds is 11. The van der Waals surface area contributed by atoms with Gasteiger partial charge < -0.3 is 19.5 Å². The Labute approximate surface area is 190 Å². The standard InChI is InChI=1S/C24H25F3N2O4/c1-3-32-11-5-10-29-23(30)19(15-28)12-17-8-9-21(22(14-17)31-2)33-16-18-6-4-7-20(13-18)24(25,26)27/h4,6-9,12-14H,3,5,10-11,16H2,1-2H3,(H,29,30)/b19-12+. The molecule has 9 heteroatoms. The molecule has 2 rings (SSSR count). The molecule has 0 saturated carbocycles. The maximum atomic E-state index is 12.9. The first kappa shape index (κ1) is 25.7. The van der Waals surface area contributed by atoms with Crippen LogP contribution in [0.25, 0.3) is 6.08 Å². The average molecular weight is 462 g/mol. The summed E-state index contributed by atoms with van der Waals surface area (Å²) < 4.78 is 54.8. The van der Waals surface area contributed by atoms with Gasteiger partial charge in [-0.3, -0.25) is 4.79 Å². The quantitative estimate of drug-likeness (QED) is 0.296. The highest BCUT2D eigenvalue weighted by Gasteiger charge is 2.30. The van der Waals surface area contributed by atoms with Gasteiger partial charge in [-0.05, 0) is 54.8 Å². The fraction of sp³-hybridized carbons (Fsp3) is 0.333. The lowest BCUT2D eigenvalue weighted by atomic mass is 10.1. The molecule has 0 heterocycles. The summed E-state index contributed by atoms with van der Waals surface area (Å²) in [6, 6.07) is 11.5. The highest BCUT2D eigenvalue weighted by atomic mass is 19.4. The lowest BCUT2D eigenvalue weighted by Crippen LogP contribution is -2.26. The van der Waals surface area contributed by atoms with Gasteiger partial charge >= 0.3 is 6.18 Å². The Morgan fingerprint density at radius 3 is 2.64 bits per heavy atom. The zero-order valence-corrected chi connectivity index (χ0v) is 18.4. The van der Waals surface area contributed by atoms with E-state index < -0.39 is 17.6 Å². The normalized spacial score (nSPS) is 11.6. The van der Waals surface area contributed by atoms with Crippen molar-refractivity contribution in [2.24, 2.45) is 0 Å². The van der Waals surface area contributed by atoms with Crippen LogP contribution in [0, 0.1) is 11.3 Å². The third kappa shape index (κ3) is 8.16. The van der Waals surface area contributed by atoms with Gasteiger partial charge in [-0.2, -0.15) is 18.4 Å². The Bertz CT molecular complexity index is 1010. The summed E-state index contributed by atoms with van der Waals surface area (Å²) in [4.78, 5) is 12.2. The maximum absolute atomic E-state index is 12.9. The van der Waals surface area contributed by atoms with Crippen LogP contribution in [0.5, 0.6) is 11.5 Å². The summed E-state index contributed by atoms with van der Waals surface area (Å²) in [5.74, 6) is 0.119. The predicted molar refractivity (Wildman–Crippen MR) is 116 cm³/mol. The number of ether oxygens (including phenoxy) is 3. The van der Waals surface area contributed by atoms with Gasteiger partial charge in [-0.25, -0.2) is 0 Å². The van der Waals surface area contributed by atoms with E-state index in [0.717, 1.165) is 12.1 Å². The molecule has 0 unspecified atom stereocenters. The van der Waals surface area contributed by atoms with Crippen molar-refractivity contribution in [1.29, 1.82) is 5.26 Å². The van der Waals surface area contributed by atoms with Crippen LogP contribution in [0.2, 0.25) is 0 Å². The molecule has 0 atom stereocenters. The van der Waals surface area contributed by atoms with E-state index in [0.29, 0.717) is 48.8 Å². The van der Waals surface area contributed by atoms with Crippen LogP contribution in [-0.2, 0) is 22.3 Å². The van der Waals surface area contributed by atoms with Gasteiger partial charge in [-0.1, -0.05) is 18.2 Å². The number of nitrogens with one attached hydrogen (secondary N) is 1. The van der Waals surface area contributed by atoms with Crippen molar-refractivity contribution in [2.75, 3.05) is 26.9 Å². The molecule has 0 fully saturated rings. The van der Waals surface area contributed by atoms with Crippen LogP contribution in [-0.4, -0.2) is 32.8 Å². The Balaban J connectivity index is 2.07. The van der Waals surface area contributed by atoms with Gasteiger partial charge in [0.05, 0.1) is 12.7 Å².